The van der Waals surface area contributed by atoms with Crippen LogP contribution in [0.3, 0.4) is 0 Å². The molecule has 1 amide bonds. The second kappa shape index (κ2) is 5.82. The van der Waals surface area contributed by atoms with Gasteiger partial charge in [0.1, 0.15) is 6.04 Å². The average molecular weight is 338 g/mol. The van der Waals surface area contributed by atoms with Crippen molar-refractivity contribution in [3.63, 3.8) is 0 Å². The normalized spacial score (nSPS) is 19.3. The highest BCUT2D eigenvalue weighted by atomic mass is 32.2. The summed E-state index contributed by atoms with van der Waals surface area (Å²) in [6.45, 7) is 0.656. The first-order valence-corrected chi connectivity index (χ1v) is 9.15. The van der Waals surface area contributed by atoms with E-state index in [1.54, 1.807) is 18.2 Å². The number of imidazole rings is 1. The van der Waals surface area contributed by atoms with Crippen LogP contribution >= 0.6 is 0 Å². The molecule has 0 radical (unpaired) electrons. The summed E-state index contributed by atoms with van der Waals surface area (Å²) in [5.41, 5.74) is 1.91. The van der Waals surface area contributed by atoms with Gasteiger partial charge in [0, 0.05) is 13.1 Å². The molecule has 1 aromatic heterocycles. The van der Waals surface area contributed by atoms with Crippen molar-refractivity contribution in [1.82, 2.24) is 19.6 Å². The van der Waals surface area contributed by atoms with Crippen LogP contribution in [0.5, 0.6) is 0 Å². The van der Waals surface area contributed by atoms with Crippen molar-refractivity contribution in [2.24, 2.45) is 0 Å². The third kappa shape index (κ3) is 3.30. The summed E-state index contributed by atoms with van der Waals surface area (Å²) in [6, 6.07) is 4.69. The lowest BCUT2D eigenvalue weighted by atomic mass is 10.2. The van der Waals surface area contributed by atoms with E-state index in [2.05, 4.69) is 15.3 Å². The Morgan fingerprint density at radius 1 is 1.35 bits per heavy atom. The highest BCUT2D eigenvalue weighted by Crippen LogP contribution is 2.20. The Bertz CT molecular complexity index is 899. The number of nitrogens with one attached hydrogen (secondary N) is 3. The molecule has 1 aliphatic heterocycles. The fourth-order valence-corrected chi connectivity index (χ4v) is 4.02. The zero-order valence-corrected chi connectivity index (χ0v) is 13.4. The SMILES string of the molecule is CS(=O)(=O)N1CCC[C@H]1C(=O)NCc1ccc2[nH]c(=O)[nH]c2c1. The first-order valence-electron chi connectivity index (χ1n) is 7.30. The molecule has 1 fully saturated rings. The molecule has 3 rings (SSSR count). The monoisotopic (exact) mass is 338 g/mol. The molecule has 9 heteroatoms. The van der Waals surface area contributed by atoms with E-state index in [9.17, 15) is 18.0 Å². The maximum absolute atomic E-state index is 12.3. The van der Waals surface area contributed by atoms with E-state index in [4.69, 9.17) is 0 Å². The molecule has 0 bridgehead atoms. The van der Waals surface area contributed by atoms with Crippen molar-refractivity contribution in [2.75, 3.05) is 12.8 Å². The van der Waals surface area contributed by atoms with Gasteiger partial charge in [-0.15, -0.1) is 0 Å². The van der Waals surface area contributed by atoms with E-state index in [1.807, 2.05) is 0 Å². The smallest absolute Gasteiger partial charge is 0.323 e. The Balaban J connectivity index is 1.69. The molecular weight excluding hydrogens is 320 g/mol. The van der Waals surface area contributed by atoms with E-state index in [-0.39, 0.29) is 18.1 Å². The number of amides is 1. The van der Waals surface area contributed by atoms with E-state index in [1.165, 1.54) is 4.31 Å². The number of hydrogen-bond acceptors (Lipinski definition) is 4. The number of carbonyl (C=O) groups is 1. The van der Waals surface area contributed by atoms with Gasteiger partial charge in [-0.1, -0.05) is 6.07 Å². The number of fused-ring (bicyclic) bond motifs is 1. The fraction of sp³-hybridized carbons (Fsp3) is 0.429. The highest BCUT2D eigenvalue weighted by molar-refractivity contribution is 7.88. The average Bonchev–Trinajstić information content (AvgIpc) is 3.08. The minimum atomic E-state index is -3.38. The quantitative estimate of drug-likeness (QED) is 0.722. The van der Waals surface area contributed by atoms with Gasteiger partial charge in [0.2, 0.25) is 15.9 Å². The summed E-state index contributed by atoms with van der Waals surface area (Å²) in [4.78, 5) is 28.8. The second-order valence-corrected chi connectivity index (χ2v) is 7.64. The summed E-state index contributed by atoms with van der Waals surface area (Å²) < 4.78 is 24.6. The minimum absolute atomic E-state index is 0.274. The van der Waals surface area contributed by atoms with Gasteiger partial charge in [-0.25, -0.2) is 13.2 Å². The van der Waals surface area contributed by atoms with Gasteiger partial charge in [0.05, 0.1) is 17.3 Å². The van der Waals surface area contributed by atoms with Crippen molar-refractivity contribution in [1.29, 1.82) is 0 Å². The summed E-state index contributed by atoms with van der Waals surface area (Å²) in [7, 11) is -3.38. The lowest BCUT2D eigenvalue weighted by molar-refractivity contribution is -0.124. The fourth-order valence-electron chi connectivity index (χ4n) is 2.90. The molecule has 0 aliphatic carbocycles. The Labute approximate surface area is 132 Å². The van der Waals surface area contributed by atoms with Crippen molar-refractivity contribution in [3.8, 4) is 0 Å². The number of aromatic amines is 2. The van der Waals surface area contributed by atoms with Crippen LogP contribution in [0.1, 0.15) is 18.4 Å². The summed E-state index contributed by atoms with van der Waals surface area (Å²) in [5, 5.41) is 2.77. The van der Waals surface area contributed by atoms with Crippen molar-refractivity contribution in [3.05, 3.63) is 34.2 Å². The van der Waals surface area contributed by atoms with Crippen LogP contribution in [0.4, 0.5) is 0 Å². The standard InChI is InChI=1S/C14H18N4O4S/c1-23(21,22)18-6-2-3-12(18)13(19)15-8-9-4-5-10-11(7-9)17-14(20)16-10/h4-5,7,12H,2-3,6,8H2,1H3,(H,15,19)(H2,16,17,20)/t12-/m0/s1. The van der Waals surface area contributed by atoms with Crippen LogP contribution in [-0.4, -0.2) is 47.4 Å². The lowest BCUT2D eigenvalue weighted by Crippen LogP contribution is -2.45. The summed E-state index contributed by atoms with van der Waals surface area (Å²) >= 11 is 0. The largest absolute Gasteiger partial charge is 0.351 e. The number of rotatable bonds is 4. The minimum Gasteiger partial charge on any atom is -0.351 e. The molecule has 3 N–H and O–H groups in total. The first-order chi connectivity index (χ1) is 10.8. The molecule has 0 saturated carbocycles. The topological polar surface area (TPSA) is 115 Å². The molecule has 0 unspecified atom stereocenters. The number of benzene rings is 1. The van der Waals surface area contributed by atoms with Crippen LogP contribution in [0.15, 0.2) is 23.0 Å². The van der Waals surface area contributed by atoms with E-state index < -0.39 is 16.1 Å². The Morgan fingerprint density at radius 3 is 2.83 bits per heavy atom. The van der Waals surface area contributed by atoms with Crippen LogP contribution in [0.25, 0.3) is 11.0 Å². The van der Waals surface area contributed by atoms with Crippen molar-refractivity contribution < 1.29 is 13.2 Å². The number of carbonyl (C=O) groups excluding carboxylic acids is 1. The molecule has 1 saturated heterocycles. The first kappa shape index (κ1) is 15.8. The van der Waals surface area contributed by atoms with E-state index in [0.717, 1.165) is 11.8 Å². The molecule has 0 spiro atoms. The molecule has 1 aromatic carbocycles. The zero-order chi connectivity index (χ0) is 16.6. The van der Waals surface area contributed by atoms with Crippen LogP contribution < -0.4 is 11.0 Å². The van der Waals surface area contributed by atoms with Gasteiger partial charge >= 0.3 is 5.69 Å². The van der Waals surface area contributed by atoms with Crippen LogP contribution in [0.2, 0.25) is 0 Å². The maximum atomic E-state index is 12.3. The molecular formula is C14H18N4O4S. The third-order valence-corrected chi connectivity index (χ3v) is 5.27. The number of nitrogens with zero attached hydrogens (tertiary/aromatic N) is 1. The summed E-state index contributed by atoms with van der Waals surface area (Å²) in [5.74, 6) is -0.296. The Hall–Kier alpha value is -2.13. The van der Waals surface area contributed by atoms with Gasteiger partial charge < -0.3 is 15.3 Å². The predicted molar refractivity (Wildman–Crippen MR) is 85.3 cm³/mol. The van der Waals surface area contributed by atoms with E-state index in [0.29, 0.717) is 30.4 Å². The number of hydrogen-bond donors (Lipinski definition) is 3. The number of sulfonamides is 1. The van der Waals surface area contributed by atoms with Crippen LogP contribution in [-0.2, 0) is 21.4 Å². The molecule has 1 aliphatic rings. The second-order valence-electron chi connectivity index (χ2n) is 5.71. The van der Waals surface area contributed by atoms with Gasteiger partial charge in [0.25, 0.3) is 0 Å². The molecule has 2 aromatic rings. The Kier molecular flexibility index (Phi) is 3.99. The van der Waals surface area contributed by atoms with Crippen molar-refractivity contribution in [2.45, 2.75) is 25.4 Å². The van der Waals surface area contributed by atoms with Gasteiger partial charge in [-0.3, -0.25) is 4.79 Å². The third-order valence-electron chi connectivity index (χ3n) is 3.98. The maximum Gasteiger partial charge on any atom is 0.323 e. The summed E-state index contributed by atoms with van der Waals surface area (Å²) in [6.07, 6.45) is 2.33. The molecule has 2 heterocycles. The predicted octanol–water partition coefficient (Wildman–Crippen LogP) is -0.104. The van der Waals surface area contributed by atoms with Crippen LogP contribution in [0, 0.1) is 0 Å². The lowest BCUT2D eigenvalue weighted by Gasteiger charge is -2.21. The van der Waals surface area contributed by atoms with Crippen molar-refractivity contribution >= 4 is 27.0 Å². The highest BCUT2D eigenvalue weighted by Gasteiger charge is 2.36. The molecule has 23 heavy (non-hydrogen) atoms. The number of aromatic nitrogens is 2. The zero-order valence-electron chi connectivity index (χ0n) is 12.6. The van der Waals surface area contributed by atoms with Gasteiger partial charge in [-0.05, 0) is 30.5 Å². The molecule has 124 valence electrons. The number of H-pyrrole nitrogens is 2. The molecule has 8 nitrogen and oxygen atoms in total. The van der Waals surface area contributed by atoms with Gasteiger partial charge in [0.15, 0.2) is 0 Å². The molecule has 1 atom stereocenters. The Morgan fingerprint density at radius 2 is 2.09 bits per heavy atom. The van der Waals surface area contributed by atoms with E-state index >= 15 is 0 Å². The van der Waals surface area contributed by atoms with Gasteiger partial charge in [-0.2, -0.15) is 4.31 Å².